The monoisotopic (exact) mass is 574 g/mol. The lowest BCUT2D eigenvalue weighted by Gasteiger charge is -2.43. The van der Waals surface area contributed by atoms with Crippen molar-refractivity contribution in [2.24, 2.45) is 5.92 Å². The van der Waals surface area contributed by atoms with Crippen LogP contribution in [0.2, 0.25) is 0 Å². The van der Waals surface area contributed by atoms with Crippen LogP contribution in [0.1, 0.15) is 36.0 Å². The average Bonchev–Trinajstić information content (AvgIpc) is 2.99. The van der Waals surface area contributed by atoms with E-state index in [4.69, 9.17) is 38.9 Å². The number of anilines is 1. The van der Waals surface area contributed by atoms with Crippen LogP contribution in [0.4, 0.5) is 5.69 Å². The lowest BCUT2D eigenvalue weighted by molar-refractivity contribution is -0.276. The molecule has 228 valence electrons. The molecular formula is C31H46N2O8. The molecule has 0 aromatic heterocycles. The summed E-state index contributed by atoms with van der Waals surface area (Å²) < 4.78 is 41.6. The van der Waals surface area contributed by atoms with Crippen molar-refractivity contribution in [2.75, 3.05) is 91.4 Å². The number of benzene rings is 2. The van der Waals surface area contributed by atoms with Crippen molar-refractivity contribution in [3.63, 3.8) is 0 Å². The Bertz CT molecular complexity index is 976. The highest BCUT2D eigenvalue weighted by atomic mass is 16.7. The molecule has 4 atom stereocenters. The van der Waals surface area contributed by atoms with Gasteiger partial charge in [0.25, 0.3) is 0 Å². The number of ether oxygens (including phenoxy) is 7. The number of nitrogen functional groups attached to an aromatic ring is 1. The van der Waals surface area contributed by atoms with Gasteiger partial charge >= 0.3 is 0 Å². The van der Waals surface area contributed by atoms with Gasteiger partial charge in [-0.25, -0.2) is 0 Å². The molecule has 0 saturated carbocycles. The highest BCUT2D eigenvalue weighted by molar-refractivity contribution is 5.41. The van der Waals surface area contributed by atoms with Crippen LogP contribution in [0.25, 0.3) is 0 Å². The quantitative estimate of drug-likeness (QED) is 0.517. The van der Waals surface area contributed by atoms with E-state index in [0.29, 0.717) is 78.3 Å². The van der Waals surface area contributed by atoms with Gasteiger partial charge in [-0.05, 0) is 23.3 Å². The fourth-order valence-corrected chi connectivity index (χ4v) is 4.95. The molecule has 10 heteroatoms. The first-order valence-corrected chi connectivity index (χ1v) is 14.6. The van der Waals surface area contributed by atoms with Gasteiger partial charge in [0, 0.05) is 36.8 Å². The number of rotatable bonds is 5. The molecule has 2 aromatic rings. The second-order valence-corrected chi connectivity index (χ2v) is 10.4. The second-order valence-electron chi connectivity index (χ2n) is 10.4. The van der Waals surface area contributed by atoms with E-state index in [1.165, 1.54) is 0 Å². The summed E-state index contributed by atoms with van der Waals surface area (Å²) in [5.41, 5.74) is 9.56. The van der Waals surface area contributed by atoms with E-state index in [-0.39, 0.29) is 24.7 Å². The molecule has 2 saturated heterocycles. The summed E-state index contributed by atoms with van der Waals surface area (Å²) in [6.45, 7) is 9.74. The third-order valence-corrected chi connectivity index (χ3v) is 7.34. The summed E-state index contributed by atoms with van der Waals surface area (Å²) in [5, 5.41) is 9.52. The summed E-state index contributed by atoms with van der Waals surface area (Å²) in [4.78, 5) is 2.33. The third-order valence-electron chi connectivity index (χ3n) is 7.34. The zero-order valence-corrected chi connectivity index (χ0v) is 24.2. The number of aliphatic hydroxyl groups excluding tert-OH is 1. The minimum absolute atomic E-state index is 0.00474. The molecule has 0 aliphatic carbocycles. The van der Waals surface area contributed by atoms with Crippen molar-refractivity contribution < 1.29 is 38.3 Å². The lowest BCUT2D eigenvalue weighted by Crippen LogP contribution is -2.46. The molecule has 0 spiro atoms. The molecule has 0 radical (unpaired) electrons. The van der Waals surface area contributed by atoms with Crippen LogP contribution >= 0.6 is 0 Å². The van der Waals surface area contributed by atoms with Gasteiger partial charge in [-0.3, -0.25) is 4.90 Å². The molecule has 1 unspecified atom stereocenters. The van der Waals surface area contributed by atoms with Gasteiger partial charge in [-0.15, -0.1) is 0 Å². The second kappa shape index (κ2) is 17.7. The van der Waals surface area contributed by atoms with Crippen molar-refractivity contribution in [3.8, 4) is 0 Å². The van der Waals surface area contributed by atoms with E-state index in [1.54, 1.807) is 0 Å². The normalized spacial score (nSPS) is 27.1. The van der Waals surface area contributed by atoms with Gasteiger partial charge in [0.1, 0.15) is 0 Å². The Morgan fingerprint density at radius 2 is 1.29 bits per heavy atom. The molecule has 41 heavy (non-hydrogen) atoms. The summed E-state index contributed by atoms with van der Waals surface area (Å²) >= 11 is 0. The summed E-state index contributed by atoms with van der Waals surface area (Å²) in [6, 6.07) is 15.6. The predicted octanol–water partition coefficient (Wildman–Crippen LogP) is 2.95. The van der Waals surface area contributed by atoms with Gasteiger partial charge in [0.15, 0.2) is 6.29 Å². The Kier molecular flexibility index (Phi) is 13.8. The Balaban J connectivity index is 1.45. The number of hydrogen-bond acceptors (Lipinski definition) is 10. The largest absolute Gasteiger partial charge is 0.399 e. The molecule has 2 aromatic carbocycles. The van der Waals surface area contributed by atoms with Crippen LogP contribution in [0.3, 0.4) is 0 Å². The SMILES string of the molecule is C[C@H]1[C@@H](CN2CCOCCOCCOCCOCCOCC2)OC(c2cccc(N)c2)O[C@H]1c1ccc(CO)cc1. The Morgan fingerprint density at radius 3 is 1.83 bits per heavy atom. The molecule has 10 nitrogen and oxygen atoms in total. The van der Waals surface area contributed by atoms with Crippen molar-refractivity contribution in [1.82, 2.24) is 4.90 Å². The average molecular weight is 575 g/mol. The highest BCUT2D eigenvalue weighted by Gasteiger charge is 2.39. The first-order valence-electron chi connectivity index (χ1n) is 14.6. The van der Waals surface area contributed by atoms with Crippen LogP contribution in [-0.4, -0.2) is 102 Å². The van der Waals surface area contributed by atoms with E-state index >= 15 is 0 Å². The van der Waals surface area contributed by atoms with Crippen LogP contribution in [-0.2, 0) is 39.8 Å². The van der Waals surface area contributed by atoms with Crippen molar-refractivity contribution in [3.05, 3.63) is 65.2 Å². The maximum Gasteiger partial charge on any atom is 0.185 e. The number of nitrogens with two attached hydrogens (primary N) is 1. The maximum atomic E-state index is 9.52. The molecule has 2 fully saturated rings. The van der Waals surface area contributed by atoms with E-state index in [0.717, 1.165) is 29.8 Å². The zero-order valence-electron chi connectivity index (χ0n) is 24.2. The molecular weight excluding hydrogens is 528 g/mol. The van der Waals surface area contributed by atoms with Gasteiger partial charge in [0.2, 0.25) is 0 Å². The maximum absolute atomic E-state index is 9.52. The zero-order chi connectivity index (χ0) is 28.7. The van der Waals surface area contributed by atoms with Gasteiger partial charge < -0.3 is 44.0 Å². The highest BCUT2D eigenvalue weighted by Crippen LogP contribution is 2.42. The van der Waals surface area contributed by atoms with E-state index < -0.39 is 6.29 Å². The molecule has 2 aliphatic rings. The van der Waals surface area contributed by atoms with Crippen LogP contribution in [0.5, 0.6) is 0 Å². The Labute approximate surface area is 243 Å². The number of aliphatic hydroxyl groups is 1. The molecule has 0 bridgehead atoms. The topological polar surface area (TPSA) is 114 Å². The minimum atomic E-state index is -0.562. The van der Waals surface area contributed by atoms with Crippen molar-refractivity contribution in [2.45, 2.75) is 32.0 Å². The smallest absolute Gasteiger partial charge is 0.185 e. The first-order chi connectivity index (χ1) is 20.1. The summed E-state index contributed by atoms with van der Waals surface area (Å²) in [6.07, 6.45) is -0.880. The molecule has 3 N–H and O–H groups in total. The molecule has 2 aliphatic heterocycles. The standard InChI is InChI=1S/C31H46N2O8/c1-24-29(22-33-9-11-35-13-15-37-17-19-39-20-18-38-16-14-36-12-10-33)40-31(27-3-2-4-28(32)21-27)41-30(24)26-7-5-25(23-34)6-8-26/h2-8,21,24,29-31,34H,9-20,22-23,32H2,1H3/t24-,29+,30+,31?/m0/s1. The lowest BCUT2D eigenvalue weighted by atomic mass is 9.90. The van der Waals surface area contributed by atoms with Gasteiger partial charge in [0.05, 0.1) is 84.9 Å². The Morgan fingerprint density at radius 1 is 0.732 bits per heavy atom. The molecule has 0 amide bonds. The minimum Gasteiger partial charge on any atom is -0.399 e. The van der Waals surface area contributed by atoms with Crippen LogP contribution < -0.4 is 5.73 Å². The summed E-state index contributed by atoms with van der Waals surface area (Å²) in [7, 11) is 0. The fourth-order valence-electron chi connectivity index (χ4n) is 4.95. The van der Waals surface area contributed by atoms with E-state index in [9.17, 15) is 5.11 Å². The van der Waals surface area contributed by atoms with Gasteiger partial charge in [-0.1, -0.05) is 43.3 Å². The van der Waals surface area contributed by atoms with Crippen LogP contribution in [0, 0.1) is 5.92 Å². The molecule has 4 rings (SSSR count). The number of hydrogen-bond donors (Lipinski definition) is 2. The van der Waals surface area contributed by atoms with Gasteiger partial charge in [-0.2, -0.15) is 0 Å². The first kappa shape index (κ1) is 31.8. The predicted molar refractivity (Wildman–Crippen MR) is 154 cm³/mol. The van der Waals surface area contributed by atoms with E-state index in [2.05, 4.69) is 11.8 Å². The number of nitrogens with zero attached hydrogens (tertiary/aromatic N) is 1. The van der Waals surface area contributed by atoms with Crippen molar-refractivity contribution in [1.29, 1.82) is 0 Å². The van der Waals surface area contributed by atoms with E-state index in [1.807, 2.05) is 48.5 Å². The van der Waals surface area contributed by atoms with Crippen LogP contribution in [0.15, 0.2) is 48.5 Å². The van der Waals surface area contributed by atoms with Crippen molar-refractivity contribution >= 4 is 5.69 Å². The fraction of sp³-hybridized carbons (Fsp3) is 0.613. The third kappa shape index (κ3) is 10.6. The molecule has 2 heterocycles. The summed E-state index contributed by atoms with van der Waals surface area (Å²) in [5.74, 6) is 0.0613. The Hall–Kier alpha value is -2.12.